The molecule has 0 saturated heterocycles. The fourth-order valence-corrected chi connectivity index (χ4v) is 2.20. The lowest BCUT2D eigenvalue weighted by Crippen LogP contribution is -2.31. The molecule has 0 aliphatic heterocycles. The highest BCUT2D eigenvalue weighted by atomic mass is 16.5. The molecule has 128 valence electrons. The molecular weight excluding hydrogens is 308 g/mol. The first kappa shape index (κ1) is 17.6. The predicted octanol–water partition coefficient (Wildman–Crippen LogP) is 2.68. The minimum Gasteiger partial charge on any atom is -0.494 e. The van der Waals surface area contributed by atoms with E-state index in [9.17, 15) is 9.59 Å². The molecule has 0 unspecified atom stereocenters. The third kappa shape index (κ3) is 5.15. The van der Waals surface area contributed by atoms with Crippen molar-refractivity contribution in [3.63, 3.8) is 0 Å². The van der Waals surface area contributed by atoms with Crippen molar-refractivity contribution in [1.82, 2.24) is 10.6 Å². The van der Waals surface area contributed by atoms with Crippen LogP contribution in [0.1, 0.15) is 42.4 Å². The molecule has 24 heavy (non-hydrogen) atoms. The van der Waals surface area contributed by atoms with Crippen molar-refractivity contribution < 1.29 is 18.7 Å². The van der Waals surface area contributed by atoms with Crippen LogP contribution in [0, 0.1) is 0 Å². The Balaban J connectivity index is 1.74. The monoisotopic (exact) mass is 330 g/mol. The highest BCUT2D eigenvalue weighted by molar-refractivity contribution is 5.91. The van der Waals surface area contributed by atoms with E-state index in [2.05, 4.69) is 10.6 Å². The number of rotatable bonds is 8. The zero-order valence-electron chi connectivity index (χ0n) is 13.9. The number of ether oxygens (including phenoxy) is 1. The van der Waals surface area contributed by atoms with Gasteiger partial charge in [-0.15, -0.1) is 0 Å². The summed E-state index contributed by atoms with van der Waals surface area (Å²) in [5.74, 6) is 0.585. The lowest BCUT2D eigenvalue weighted by Gasteiger charge is -2.15. The molecule has 0 aliphatic carbocycles. The van der Waals surface area contributed by atoms with Gasteiger partial charge in [-0.3, -0.25) is 9.59 Å². The van der Waals surface area contributed by atoms with Crippen LogP contribution < -0.4 is 15.4 Å². The maximum atomic E-state index is 12.0. The van der Waals surface area contributed by atoms with Crippen LogP contribution in [0.15, 0.2) is 47.1 Å². The number of hydrogen-bond acceptors (Lipinski definition) is 4. The first-order valence-electron chi connectivity index (χ1n) is 7.94. The highest BCUT2D eigenvalue weighted by Crippen LogP contribution is 2.17. The molecule has 0 radical (unpaired) electrons. The normalized spacial score (nSPS) is 11.6. The third-order valence-corrected chi connectivity index (χ3v) is 3.45. The molecule has 2 rings (SSSR count). The zero-order valence-corrected chi connectivity index (χ0v) is 13.9. The Morgan fingerprint density at radius 2 is 1.96 bits per heavy atom. The summed E-state index contributed by atoms with van der Waals surface area (Å²) in [5, 5.41) is 5.54. The van der Waals surface area contributed by atoms with Gasteiger partial charge < -0.3 is 19.8 Å². The predicted molar refractivity (Wildman–Crippen MR) is 89.8 cm³/mol. The molecule has 1 heterocycles. The van der Waals surface area contributed by atoms with Crippen LogP contribution in [0.2, 0.25) is 0 Å². The maximum absolute atomic E-state index is 12.0. The lowest BCUT2D eigenvalue weighted by molar-refractivity contribution is -0.121. The van der Waals surface area contributed by atoms with Gasteiger partial charge in [0.1, 0.15) is 5.75 Å². The Hall–Kier alpha value is -2.76. The number of hydrogen-bond donors (Lipinski definition) is 2. The van der Waals surface area contributed by atoms with Crippen molar-refractivity contribution in [2.75, 3.05) is 13.2 Å². The number of amides is 2. The van der Waals surface area contributed by atoms with Gasteiger partial charge in [0.05, 0.1) is 18.9 Å². The van der Waals surface area contributed by atoms with E-state index in [-0.39, 0.29) is 36.6 Å². The van der Waals surface area contributed by atoms with Crippen molar-refractivity contribution in [3.05, 3.63) is 54.0 Å². The minimum atomic E-state index is -0.327. The summed E-state index contributed by atoms with van der Waals surface area (Å²) in [5.41, 5.74) is 0.992. The van der Waals surface area contributed by atoms with E-state index in [1.165, 1.54) is 6.26 Å². The molecule has 0 aliphatic rings. The summed E-state index contributed by atoms with van der Waals surface area (Å²) in [6, 6.07) is 10.7. The van der Waals surface area contributed by atoms with Gasteiger partial charge in [-0.05, 0) is 43.7 Å². The SMILES string of the molecule is CCOc1ccc([C@H](C)NC(=O)CCNC(=O)c2ccco2)cc1. The minimum absolute atomic E-state index is 0.117. The molecule has 1 aromatic carbocycles. The van der Waals surface area contributed by atoms with E-state index in [0.29, 0.717) is 6.61 Å². The second kappa shape index (κ2) is 8.76. The Labute approximate surface area is 141 Å². The molecular formula is C18H22N2O4. The van der Waals surface area contributed by atoms with Gasteiger partial charge in [-0.2, -0.15) is 0 Å². The molecule has 2 aromatic rings. The maximum Gasteiger partial charge on any atom is 0.286 e. The Morgan fingerprint density at radius 3 is 2.58 bits per heavy atom. The van der Waals surface area contributed by atoms with Gasteiger partial charge in [0.2, 0.25) is 5.91 Å². The molecule has 6 heteroatoms. The Kier molecular flexibility index (Phi) is 6.42. The summed E-state index contributed by atoms with van der Waals surface area (Å²) in [4.78, 5) is 23.6. The third-order valence-electron chi connectivity index (χ3n) is 3.45. The average Bonchev–Trinajstić information content (AvgIpc) is 3.10. The summed E-state index contributed by atoms with van der Waals surface area (Å²) < 4.78 is 10.4. The van der Waals surface area contributed by atoms with E-state index in [4.69, 9.17) is 9.15 Å². The van der Waals surface area contributed by atoms with Gasteiger partial charge in [0, 0.05) is 13.0 Å². The van der Waals surface area contributed by atoms with E-state index in [1.54, 1.807) is 12.1 Å². The fourth-order valence-electron chi connectivity index (χ4n) is 2.20. The van der Waals surface area contributed by atoms with E-state index in [1.807, 2.05) is 38.1 Å². The summed E-state index contributed by atoms with van der Waals surface area (Å²) in [7, 11) is 0. The summed E-state index contributed by atoms with van der Waals surface area (Å²) >= 11 is 0. The fraction of sp³-hybridized carbons (Fsp3) is 0.333. The van der Waals surface area contributed by atoms with Crippen LogP contribution in [0.4, 0.5) is 0 Å². The second-order valence-corrected chi connectivity index (χ2v) is 5.27. The Morgan fingerprint density at radius 1 is 1.21 bits per heavy atom. The van der Waals surface area contributed by atoms with Gasteiger partial charge >= 0.3 is 0 Å². The van der Waals surface area contributed by atoms with Gasteiger partial charge in [0.25, 0.3) is 5.91 Å². The molecule has 0 fully saturated rings. The molecule has 2 N–H and O–H groups in total. The van der Waals surface area contributed by atoms with Crippen LogP contribution >= 0.6 is 0 Å². The molecule has 0 spiro atoms. The molecule has 0 saturated carbocycles. The van der Waals surface area contributed by atoms with Crippen LogP contribution in [-0.2, 0) is 4.79 Å². The number of carbonyl (C=O) groups is 2. The molecule has 0 bridgehead atoms. The standard InChI is InChI=1S/C18H22N2O4/c1-3-23-15-8-6-14(7-9-15)13(2)20-17(21)10-11-19-18(22)16-5-4-12-24-16/h4-9,12-13H,3,10-11H2,1-2H3,(H,19,22)(H,20,21)/t13-/m0/s1. The van der Waals surface area contributed by atoms with E-state index < -0.39 is 0 Å². The van der Waals surface area contributed by atoms with Crippen molar-refractivity contribution in [2.45, 2.75) is 26.3 Å². The highest BCUT2D eigenvalue weighted by Gasteiger charge is 2.11. The van der Waals surface area contributed by atoms with Crippen LogP contribution in [0.25, 0.3) is 0 Å². The molecule has 1 aromatic heterocycles. The second-order valence-electron chi connectivity index (χ2n) is 5.27. The summed E-state index contributed by atoms with van der Waals surface area (Å²) in [6.45, 7) is 4.72. The quantitative estimate of drug-likeness (QED) is 0.780. The van der Waals surface area contributed by atoms with Crippen molar-refractivity contribution >= 4 is 11.8 Å². The molecule has 1 atom stereocenters. The number of carbonyl (C=O) groups excluding carboxylic acids is 2. The van der Waals surface area contributed by atoms with Crippen molar-refractivity contribution in [1.29, 1.82) is 0 Å². The van der Waals surface area contributed by atoms with E-state index >= 15 is 0 Å². The smallest absolute Gasteiger partial charge is 0.286 e. The topological polar surface area (TPSA) is 80.6 Å². The van der Waals surface area contributed by atoms with Crippen LogP contribution in [0.5, 0.6) is 5.75 Å². The molecule has 2 amide bonds. The average molecular weight is 330 g/mol. The number of nitrogens with one attached hydrogen (secondary N) is 2. The van der Waals surface area contributed by atoms with Gasteiger partial charge in [-0.25, -0.2) is 0 Å². The zero-order chi connectivity index (χ0) is 17.4. The van der Waals surface area contributed by atoms with Crippen LogP contribution in [-0.4, -0.2) is 25.0 Å². The van der Waals surface area contributed by atoms with E-state index in [0.717, 1.165) is 11.3 Å². The lowest BCUT2D eigenvalue weighted by atomic mass is 10.1. The Bertz CT molecular complexity index is 650. The van der Waals surface area contributed by atoms with Crippen molar-refractivity contribution in [3.8, 4) is 5.75 Å². The largest absolute Gasteiger partial charge is 0.494 e. The number of furan rings is 1. The van der Waals surface area contributed by atoms with Gasteiger partial charge in [-0.1, -0.05) is 12.1 Å². The number of benzene rings is 1. The van der Waals surface area contributed by atoms with Crippen molar-refractivity contribution in [2.24, 2.45) is 0 Å². The molecule has 6 nitrogen and oxygen atoms in total. The van der Waals surface area contributed by atoms with Crippen LogP contribution in [0.3, 0.4) is 0 Å². The first-order valence-corrected chi connectivity index (χ1v) is 7.94. The first-order chi connectivity index (χ1) is 11.6. The van der Waals surface area contributed by atoms with Gasteiger partial charge in [0.15, 0.2) is 5.76 Å². The summed E-state index contributed by atoms with van der Waals surface area (Å²) in [6.07, 6.45) is 1.63.